The van der Waals surface area contributed by atoms with Gasteiger partial charge in [-0.25, -0.2) is 15.0 Å². The Morgan fingerprint density at radius 2 is 1.68 bits per heavy atom. The van der Waals surface area contributed by atoms with Gasteiger partial charge in [-0.3, -0.25) is 14.4 Å². The topological polar surface area (TPSA) is 132 Å². The van der Waals surface area contributed by atoms with Gasteiger partial charge in [0.05, 0.1) is 11.1 Å². The summed E-state index contributed by atoms with van der Waals surface area (Å²) in [6, 6.07) is 11.6. The van der Waals surface area contributed by atoms with E-state index < -0.39 is 5.91 Å². The largest absolute Gasteiger partial charge is 0.452 e. The smallest absolute Gasteiger partial charge is 0.253 e. The van der Waals surface area contributed by atoms with Gasteiger partial charge in [-0.1, -0.05) is 18.2 Å². The van der Waals surface area contributed by atoms with Crippen molar-refractivity contribution in [3.63, 3.8) is 0 Å². The summed E-state index contributed by atoms with van der Waals surface area (Å²) < 4.78 is 5.65. The molecule has 1 aromatic heterocycles. The van der Waals surface area contributed by atoms with Crippen LogP contribution in [0.1, 0.15) is 36.6 Å². The first kappa shape index (κ1) is 21.3. The average Bonchev–Trinajstić information content (AvgIpc) is 3.19. The second kappa shape index (κ2) is 8.74. The number of anilines is 1. The summed E-state index contributed by atoms with van der Waals surface area (Å²) in [6.07, 6.45) is 4.49. The number of hydrogen-bond donors (Lipinski definition) is 1. The van der Waals surface area contributed by atoms with Gasteiger partial charge < -0.3 is 20.3 Å². The van der Waals surface area contributed by atoms with Gasteiger partial charge in [0.15, 0.2) is 11.5 Å². The summed E-state index contributed by atoms with van der Waals surface area (Å²) in [4.78, 5) is 53.1. The first-order valence-electron chi connectivity index (χ1n) is 10.6. The minimum atomic E-state index is -0.664. The molecule has 0 atom stereocenters. The number of para-hydroxylation sites is 1. The number of amides is 2. The number of ether oxygens (including phenoxy) is 1. The van der Waals surface area contributed by atoms with E-state index in [-0.39, 0.29) is 28.8 Å². The van der Waals surface area contributed by atoms with Gasteiger partial charge in [-0.15, -0.1) is 0 Å². The Kier molecular flexibility index (Phi) is 5.46. The molecule has 2 aliphatic rings. The monoisotopic (exact) mass is 456 g/mol. The van der Waals surface area contributed by atoms with E-state index in [2.05, 4.69) is 15.0 Å². The SMILES string of the molecule is NC(=O)c1cccc2c1O/C(=C\c1ccc(C(=O)N3CCN(c4ncncn4)CC3)cc1)C2=O. The molecule has 34 heavy (non-hydrogen) atoms. The number of Topliss-reactive ketones (excluding diaryl/α,β-unsaturated/α-hetero) is 1. The van der Waals surface area contributed by atoms with Crippen molar-refractivity contribution in [2.75, 3.05) is 31.1 Å². The summed E-state index contributed by atoms with van der Waals surface area (Å²) in [5.41, 5.74) is 7.07. The zero-order chi connectivity index (χ0) is 23.7. The van der Waals surface area contributed by atoms with Crippen LogP contribution in [-0.2, 0) is 0 Å². The Hall–Kier alpha value is -4.60. The zero-order valence-electron chi connectivity index (χ0n) is 18.0. The van der Waals surface area contributed by atoms with Crippen molar-refractivity contribution in [1.29, 1.82) is 0 Å². The molecular weight excluding hydrogens is 436 g/mol. The number of nitrogens with two attached hydrogens (primary N) is 1. The lowest BCUT2D eigenvalue weighted by Crippen LogP contribution is -2.49. The molecule has 0 saturated carbocycles. The normalized spacial score (nSPS) is 16.4. The third kappa shape index (κ3) is 3.96. The van der Waals surface area contributed by atoms with Crippen molar-refractivity contribution in [3.8, 4) is 5.75 Å². The van der Waals surface area contributed by atoms with Gasteiger partial charge in [0, 0.05) is 31.7 Å². The highest BCUT2D eigenvalue weighted by Gasteiger charge is 2.31. The van der Waals surface area contributed by atoms with Crippen molar-refractivity contribution in [1.82, 2.24) is 19.9 Å². The molecule has 1 fully saturated rings. The first-order chi connectivity index (χ1) is 16.5. The van der Waals surface area contributed by atoms with Crippen LogP contribution < -0.4 is 15.4 Å². The van der Waals surface area contributed by atoms with Crippen LogP contribution in [0, 0.1) is 0 Å². The Morgan fingerprint density at radius 1 is 0.971 bits per heavy atom. The third-order valence-electron chi connectivity index (χ3n) is 5.75. The highest BCUT2D eigenvalue weighted by Crippen LogP contribution is 2.35. The van der Waals surface area contributed by atoms with Gasteiger partial charge in [0.1, 0.15) is 12.7 Å². The number of nitrogens with zero attached hydrogens (tertiary/aromatic N) is 5. The molecule has 3 heterocycles. The van der Waals surface area contributed by atoms with Gasteiger partial charge in [0.2, 0.25) is 11.7 Å². The number of primary amides is 1. The molecule has 0 unspecified atom stereocenters. The lowest BCUT2D eigenvalue weighted by molar-refractivity contribution is 0.0745. The minimum absolute atomic E-state index is 0.0683. The second-order valence-corrected chi connectivity index (χ2v) is 7.83. The fourth-order valence-electron chi connectivity index (χ4n) is 3.97. The molecule has 2 amide bonds. The number of rotatable bonds is 4. The van der Waals surface area contributed by atoms with E-state index in [1.54, 1.807) is 47.4 Å². The molecule has 3 aromatic rings. The van der Waals surface area contributed by atoms with E-state index >= 15 is 0 Å². The summed E-state index contributed by atoms with van der Waals surface area (Å²) in [5, 5.41) is 0. The lowest BCUT2D eigenvalue weighted by Gasteiger charge is -2.34. The van der Waals surface area contributed by atoms with Crippen molar-refractivity contribution in [2.24, 2.45) is 5.73 Å². The molecule has 0 bridgehead atoms. The van der Waals surface area contributed by atoms with Crippen molar-refractivity contribution in [2.45, 2.75) is 0 Å². The summed E-state index contributed by atoms with van der Waals surface area (Å²) >= 11 is 0. The highest BCUT2D eigenvalue weighted by molar-refractivity contribution is 6.16. The quantitative estimate of drug-likeness (QED) is 0.585. The number of aromatic nitrogens is 3. The molecule has 2 N–H and O–H groups in total. The van der Waals surface area contributed by atoms with Crippen molar-refractivity contribution < 1.29 is 19.1 Å². The molecule has 1 saturated heterocycles. The fourth-order valence-corrected chi connectivity index (χ4v) is 3.97. The molecule has 2 aromatic carbocycles. The highest BCUT2D eigenvalue weighted by atomic mass is 16.5. The third-order valence-corrected chi connectivity index (χ3v) is 5.75. The molecule has 0 radical (unpaired) electrons. The van der Waals surface area contributed by atoms with Crippen LogP contribution in [0.2, 0.25) is 0 Å². The Labute approximate surface area is 194 Å². The predicted molar refractivity (Wildman–Crippen MR) is 122 cm³/mol. The summed E-state index contributed by atoms with van der Waals surface area (Å²) in [7, 11) is 0. The number of piperazine rings is 1. The first-order valence-corrected chi connectivity index (χ1v) is 10.6. The van der Waals surface area contributed by atoms with Crippen LogP contribution in [0.4, 0.5) is 5.95 Å². The lowest BCUT2D eigenvalue weighted by atomic mass is 10.0. The van der Waals surface area contributed by atoms with Crippen LogP contribution in [0.15, 0.2) is 60.9 Å². The molecule has 10 nitrogen and oxygen atoms in total. The Bertz CT molecular complexity index is 1300. The minimum Gasteiger partial charge on any atom is -0.452 e. The molecular formula is C24H20N6O4. The van der Waals surface area contributed by atoms with Crippen LogP contribution in [0.3, 0.4) is 0 Å². The van der Waals surface area contributed by atoms with E-state index in [0.717, 1.165) is 0 Å². The van der Waals surface area contributed by atoms with Gasteiger partial charge >= 0.3 is 0 Å². The maximum absolute atomic E-state index is 12.9. The van der Waals surface area contributed by atoms with E-state index in [4.69, 9.17) is 10.5 Å². The molecule has 170 valence electrons. The zero-order valence-corrected chi connectivity index (χ0v) is 18.0. The summed E-state index contributed by atoms with van der Waals surface area (Å²) in [5.74, 6) is -0.182. The molecule has 0 spiro atoms. The van der Waals surface area contributed by atoms with E-state index in [0.29, 0.717) is 48.8 Å². The number of allylic oxidation sites excluding steroid dienone is 1. The molecule has 2 aliphatic heterocycles. The van der Waals surface area contributed by atoms with Gasteiger partial charge in [-0.05, 0) is 35.9 Å². The second-order valence-electron chi connectivity index (χ2n) is 7.83. The van der Waals surface area contributed by atoms with E-state index in [1.165, 1.54) is 18.7 Å². The number of carbonyl (C=O) groups is 3. The number of carbonyl (C=O) groups excluding carboxylic acids is 3. The van der Waals surface area contributed by atoms with Gasteiger partial charge in [0.25, 0.3) is 11.8 Å². The number of benzene rings is 2. The molecule has 10 heteroatoms. The molecule has 0 aliphatic carbocycles. The van der Waals surface area contributed by atoms with E-state index in [9.17, 15) is 14.4 Å². The van der Waals surface area contributed by atoms with Crippen LogP contribution in [0.25, 0.3) is 6.08 Å². The van der Waals surface area contributed by atoms with Crippen LogP contribution in [-0.4, -0.2) is 63.6 Å². The van der Waals surface area contributed by atoms with Crippen LogP contribution in [0.5, 0.6) is 5.75 Å². The van der Waals surface area contributed by atoms with E-state index in [1.807, 2.05) is 4.90 Å². The number of hydrogen-bond acceptors (Lipinski definition) is 8. The Morgan fingerprint density at radius 3 is 2.35 bits per heavy atom. The molecule has 5 rings (SSSR count). The van der Waals surface area contributed by atoms with Gasteiger partial charge in [-0.2, -0.15) is 0 Å². The fraction of sp³-hybridized carbons (Fsp3) is 0.167. The number of ketones is 1. The van der Waals surface area contributed by atoms with Crippen molar-refractivity contribution >= 4 is 29.6 Å². The maximum atomic E-state index is 12.9. The van der Waals surface area contributed by atoms with Crippen LogP contribution >= 0.6 is 0 Å². The van der Waals surface area contributed by atoms with Crippen molar-refractivity contribution in [3.05, 3.63) is 83.1 Å². The number of fused-ring (bicyclic) bond motifs is 1. The standard InChI is InChI=1S/C24H20N6O4/c25-22(32)18-3-1-2-17-20(31)19(34-21(17)18)12-15-4-6-16(7-5-15)23(33)29-8-10-30(11-9-29)24-27-13-26-14-28-24/h1-7,12-14H,8-11H2,(H2,25,32)/b19-12-. The predicted octanol–water partition coefficient (Wildman–Crippen LogP) is 1.55. The summed E-state index contributed by atoms with van der Waals surface area (Å²) in [6.45, 7) is 2.37. The maximum Gasteiger partial charge on any atom is 0.253 e. The average molecular weight is 456 g/mol. The Balaban J connectivity index is 1.26.